The lowest BCUT2D eigenvalue weighted by molar-refractivity contribution is -0.120. The molecule has 0 saturated carbocycles. The standard InChI is InChI=1S/C9H8N2O5/c1-10-8(13)6-2-5(9(14)15)3-7(11-6)16-4-12/h2-4H,1H3,(H,10,13)(H,14,15). The maximum Gasteiger partial charge on any atom is 0.335 e. The Morgan fingerprint density at radius 3 is 2.69 bits per heavy atom. The lowest BCUT2D eigenvalue weighted by Crippen LogP contribution is -2.20. The predicted octanol–water partition coefficient (Wildman–Crippen LogP) is -0.325. The van der Waals surface area contributed by atoms with E-state index in [9.17, 15) is 14.4 Å². The Hall–Kier alpha value is -2.44. The number of nitrogens with one attached hydrogen (secondary N) is 1. The van der Waals surface area contributed by atoms with Crippen molar-refractivity contribution in [3.8, 4) is 5.88 Å². The van der Waals surface area contributed by atoms with Gasteiger partial charge < -0.3 is 15.2 Å². The molecule has 0 aliphatic carbocycles. The SMILES string of the molecule is CNC(=O)c1cc(C(=O)O)cc(OC=O)n1. The van der Waals surface area contributed by atoms with E-state index in [1.807, 2.05) is 0 Å². The van der Waals surface area contributed by atoms with Crippen molar-refractivity contribution < 1.29 is 24.2 Å². The summed E-state index contributed by atoms with van der Waals surface area (Å²) in [6.07, 6.45) is 0. The fourth-order valence-corrected chi connectivity index (χ4v) is 0.983. The number of carbonyl (C=O) groups excluding carboxylic acids is 2. The van der Waals surface area contributed by atoms with Gasteiger partial charge in [0, 0.05) is 13.1 Å². The minimum absolute atomic E-state index is 0.0988. The topological polar surface area (TPSA) is 106 Å². The van der Waals surface area contributed by atoms with Gasteiger partial charge in [-0.1, -0.05) is 0 Å². The second-order valence-electron chi connectivity index (χ2n) is 2.68. The molecule has 0 unspecified atom stereocenters. The van der Waals surface area contributed by atoms with Crippen molar-refractivity contribution in [2.45, 2.75) is 0 Å². The summed E-state index contributed by atoms with van der Waals surface area (Å²) in [6.45, 7) is 0.0988. The van der Waals surface area contributed by atoms with Gasteiger partial charge in [0.05, 0.1) is 5.56 Å². The number of hydrogen-bond donors (Lipinski definition) is 2. The Balaban J connectivity index is 3.23. The van der Waals surface area contributed by atoms with E-state index in [1.165, 1.54) is 7.05 Å². The maximum atomic E-state index is 11.2. The third-order valence-electron chi connectivity index (χ3n) is 1.68. The number of aromatic nitrogens is 1. The highest BCUT2D eigenvalue weighted by molar-refractivity contribution is 5.96. The molecular weight excluding hydrogens is 216 g/mol. The third-order valence-corrected chi connectivity index (χ3v) is 1.68. The molecule has 1 aromatic rings. The molecule has 0 bridgehead atoms. The molecule has 1 heterocycles. The number of aromatic carboxylic acids is 1. The summed E-state index contributed by atoms with van der Waals surface area (Å²) in [4.78, 5) is 35.7. The third kappa shape index (κ3) is 2.53. The second-order valence-corrected chi connectivity index (χ2v) is 2.68. The Morgan fingerprint density at radius 1 is 1.50 bits per heavy atom. The van der Waals surface area contributed by atoms with Crippen LogP contribution < -0.4 is 10.1 Å². The van der Waals surface area contributed by atoms with Crippen LogP contribution in [0.4, 0.5) is 0 Å². The van der Waals surface area contributed by atoms with Crippen LogP contribution in [0, 0.1) is 0 Å². The zero-order chi connectivity index (χ0) is 12.1. The lowest BCUT2D eigenvalue weighted by Gasteiger charge is -2.03. The molecular formula is C9H8N2O5. The van der Waals surface area contributed by atoms with Gasteiger partial charge in [-0.15, -0.1) is 0 Å². The zero-order valence-electron chi connectivity index (χ0n) is 8.26. The fraction of sp³-hybridized carbons (Fsp3) is 0.111. The van der Waals surface area contributed by atoms with E-state index in [4.69, 9.17) is 5.11 Å². The Labute approximate surface area is 90.1 Å². The van der Waals surface area contributed by atoms with E-state index in [0.29, 0.717) is 0 Å². The van der Waals surface area contributed by atoms with Crippen molar-refractivity contribution in [3.05, 3.63) is 23.4 Å². The molecule has 0 aliphatic heterocycles. The summed E-state index contributed by atoms with van der Waals surface area (Å²) in [6, 6.07) is 2.13. The van der Waals surface area contributed by atoms with Crippen molar-refractivity contribution in [2.24, 2.45) is 0 Å². The molecule has 16 heavy (non-hydrogen) atoms. The number of nitrogens with zero attached hydrogens (tertiary/aromatic N) is 1. The molecule has 0 spiro atoms. The molecule has 1 amide bonds. The molecule has 7 nitrogen and oxygen atoms in total. The molecule has 0 radical (unpaired) electrons. The van der Waals surface area contributed by atoms with Crippen molar-refractivity contribution in [1.29, 1.82) is 0 Å². The van der Waals surface area contributed by atoms with E-state index in [-0.39, 0.29) is 23.6 Å². The van der Waals surface area contributed by atoms with Crippen LogP contribution in [0.15, 0.2) is 12.1 Å². The minimum atomic E-state index is -1.25. The van der Waals surface area contributed by atoms with Crippen molar-refractivity contribution in [2.75, 3.05) is 7.05 Å². The van der Waals surface area contributed by atoms with Crippen LogP contribution >= 0.6 is 0 Å². The quantitative estimate of drug-likeness (QED) is 0.678. The van der Waals surface area contributed by atoms with Crippen LogP contribution in [-0.2, 0) is 4.79 Å². The number of carboxylic acids is 1. The van der Waals surface area contributed by atoms with E-state index < -0.39 is 11.9 Å². The van der Waals surface area contributed by atoms with E-state index in [1.54, 1.807) is 0 Å². The Morgan fingerprint density at radius 2 is 2.19 bits per heavy atom. The average molecular weight is 224 g/mol. The van der Waals surface area contributed by atoms with Crippen molar-refractivity contribution >= 4 is 18.3 Å². The molecule has 1 rings (SSSR count). The number of amides is 1. The highest BCUT2D eigenvalue weighted by atomic mass is 16.5. The Kier molecular flexibility index (Phi) is 3.54. The molecule has 84 valence electrons. The maximum absolute atomic E-state index is 11.2. The smallest absolute Gasteiger partial charge is 0.335 e. The fourth-order valence-electron chi connectivity index (χ4n) is 0.983. The van der Waals surface area contributed by atoms with E-state index in [2.05, 4.69) is 15.0 Å². The highest BCUT2D eigenvalue weighted by Gasteiger charge is 2.13. The molecule has 0 saturated heterocycles. The lowest BCUT2D eigenvalue weighted by atomic mass is 10.2. The first-order chi connectivity index (χ1) is 7.58. The summed E-state index contributed by atoms with van der Waals surface area (Å²) < 4.78 is 4.40. The monoisotopic (exact) mass is 224 g/mol. The van der Waals surface area contributed by atoms with Crippen LogP contribution in [0.5, 0.6) is 5.88 Å². The van der Waals surface area contributed by atoms with E-state index in [0.717, 1.165) is 12.1 Å². The van der Waals surface area contributed by atoms with Gasteiger partial charge in [-0.05, 0) is 6.07 Å². The molecule has 2 N–H and O–H groups in total. The van der Waals surface area contributed by atoms with Crippen molar-refractivity contribution in [3.63, 3.8) is 0 Å². The predicted molar refractivity (Wildman–Crippen MR) is 51.3 cm³/mol. The largest absolute Gasteiger partial charge is 0.478 e. The molecule has 7 heteroatoms. The van der Waals surface area contributed by atoms with Gasteiger partial charge in [0.2, 0.25) is 5.88 Å². The second kappa shape index (κ2) is 4.87. The number of hydrogen-bond acceptors (Lipinski definition) is 5. The highest BCUT2D eigenvalue weighted by Crippen LogP contribution is 2.12. The number of carboxylic acid groups (broad SMARTS) is 1. The molecule has 0 atom stereocenters. The molecule has 0 fully saturated rings. The molecule has 0 aliphatic rings. The van der Waals surface area contributed by atoms with Crippen LogP contribution in [0.2, 0.25) is 0 Å². The number of rotatable bonds is 4. The summed E-state index contributed by atoms with van der Waals surface area (Å²) in [5.41, 5.74) is -0.329. The number of carbonyl (C=O) groups is 3. The average Bonchev–Trinajstić information content (AvgIpc) is 2.28. The van der Waals surface area contributed by atoms with Crippen LogP contribution in [-0.4, -0.2) is 35.5 Å². The normalized spacial score (nSPS) is 9.31. The van der Waals surface area contributed by atoms with Gasteiger partial charge >= 0.3 is 5.97 Å². The van der Waals surface area contributed by atoms with Crippen LogP contribution in [0.25, 0.3) is 0 Å². The summed E-state index contributed by atoms with van der Waals surface area (Å²) in [7, 11) is 1.37. The number of ether oxygens (including phenoxy) is 1. The van der Waals surface area contributed by atoms with Gasteiger partial charge in [-0.25, -0.2) is 9.78 Å². The molecule has 1 aromatic heterocycles. The van der Waals surface area contributed by atoms with Crippen LogP contribution in [0.3, 0.4) is 0 Å². The van der Waals surface area contributed by atoms with E-state index >= 15 is 0 Å². The van der Waals surface area contributed by atoms with Crippen molar-refractivity contribution in [1.82, 2.24) is 10.3 Å². The summed E-state index contributed by atoms with van der Waals surface area (Å²) in [5, 5.41) is 11.0. The number of pyridine rings is 1. The first-order valence-corrected chi connectivity index (χ1v) is 4.16. The van der Waals surface area contributed by atoms with Gasteiger partial charge in [0.15, 0.2) is 0 Å². The van der Waals surface area contributed by atoms with Gasteiger partial charge in [-0.3, -0.25) is 9.59 Å². The minimum Gasteiger partial charge on any atom is -0.478 e. The van der Waals surface area contributed by atoms with Crippen LogP contribution in [0.1, 0.15) is 20.8 Å². The summed E-state index contributed by atoms with van der Waals surface area (Å²) >= 11 is 0. The first-order valence-electron chi connectivity index (χ1n) is 4.16. The van der Waals surface area contributed by atoms with Gasteiger partial charge in [0.25, 0.3) is 12.4 Å². The first kappa shape index (κ1) is 11.6. The molecule has 0 aromatic carbocycles. The van der Waals surface area contributed by atoms with Gasteiger partial charge in [-0.2, -0.15) is 0 Å². The van der Waals surface area contributed by atoms with Gasteiger partial charge in [0.1, 0.15) is 5.69 Å². The summed E-state index contributed by atoms with van der Waals surface area (Å²) in [5.74, 6) is -2.06. The Bertz CT molecular complexity index is 444. The zero-order valence-corrected chi connectivity index (χ0v) is 8.26.